The molecule has 0 aliphatic heterocycles. The number of hydrogen-bond donors (Lipinski definition) is 10. The van der Waals surface area contributed by atoms with E-state index in [2.05, 4.69) is 66.7 Å². The molecule has 3 aromatic rings. The number of nitrogens with one attached hydrogen (secondary N) is 6. The summed E-state index contributed by atoms with van der Waals surface area (Å²) in [4.78, 5) is 26.8. The minimum Gasteiger partial charge on any atom is -0.746 e. The first-order chi connectivity index (χ1) is 28.7. The second kappa shape index (κ2) is 29.9. The Morgan fingerprint density at radius 1 is 0.656 bits per heavy atom. The van der Waals surface area contributed by atoms with Crippen LogP contribution in [0.4, 0.5) is 41.4 Å². The molecule has 0 aliphatic carbocycles. The van der Waals surface area contributed by atoms with Gasteiger partial charge in [0.15, 0.2) is 5.08 Å². The number of benzene rings is 1. The molecule has 2 heterocycles. The third kappa shape index (κ3) is 22.8. The number of aliphatic hydroxyl groups is 4. The van der Waals surface area contributed by atoms with Gasteiger partial charge in [0, 0.05) is 63.8 Å². The van der Waals surface area contributed by atoms with E-state index in [1.807, 2.05) is 0 Å². The molecule has 342 valence electrons. The van der Waals surface area contributed by atoms with E-state index < -0.39 is 55.2 Å². The van der Waals surface area contributed by atoms with Crippen molar-refractivity contribution >= 4 is 81.7 Å². The van der Waals surface area contributed by atoms with Crippen LogP contribution in [0.15, 0.2) is 34.1 Å². The maximum atomic E-state index is 12.7. The fourth-order valence-electron chi connectivity index (χ4n) is 4.64. The average Bonchev–Trinajstić information content (AvgIpc) is 3.17. The Morgan fingerprint density at radius 2 is 1.08 bits per heavy atom. The summed E-state index contributed by atoms with van der Waals surface area (Å²) in [5.74, 6) is -0.711. The van der Waals surface area contributed by atoms with Crippen LogP contribution in [0.5, 0.6) is 0 Å². The van der Waals surface area contributed by atoms with Gasteiger partial charge in [-0.05, 0) is 6.92 Å². The average molecular weight is 1010 g/mol. The van der Waals surface area contributed by atoms with E-state index in [4.69, 9.17) is 0 Å². The van der Waals surface area contributed by atoms with Crippen LogP contribution in [-0.2, 0) is 40.3 Å². The van der Waals surface area contributed by atoms with Crippen molar-refractivity contribution in [2.24, 2.45) is 0 Å². The zero-order chi connectivity index (χ0) is 45.3. The van der Waals surface area contributed by atoms with Crippen LogP contribution >= 0.6 is 0 Å². The number of anilines is 7. The number of nitrogens with zero attached hydrogens (tertiary/aromatic N) is 8. The summed E-state index contributed by atoms with van der Waals surface area (Å²) in [7, 11) is -18.4. The van der Waals surface area contributed by atoms with E-state index in [0.717, 1.165) is 25.1 Å². The van der Waals surface area contributed by atoms with E-state index in [1.54, 1.807) is 0 Å². The van der Waals surface area contributed by atoms with Gasteiger partial charge in [-0.2, -0.15) is 48.1 Å². The molecule has 28 nitrogen and oxygen atoms in total. The first-order valence-electron chi connectivity index (χ1n) is 17.7. The summed E-state index contributed by atoms with van der Waals surface area (Å²) in [6.07, 6.45) is 1.08. The van der Waals surface area contributed by atoms with E-state index in [-0.39, 0.29) is 215 Å². The SMILES string of the molecule is C/C(=C\CNc1nc(NCCNS(=O)(=O)CS(=O)(=O)NCCNc2nc(Nc3[c-]ccc(S(=O)(=O)[O-])c3)nc(N(CCO)CCO)n2)nc(N(CCO)CCO)n1)S(=O)(=O)[O-].[Na+].[Na+].[Na+]. The van der Waals surface area contributed by atoms with Gasteiger partial charge in [-0.3, -0.25) is 0 Å². The van der Waals surface area contributed by atoms with Crippen LogP contribution < -0.4 is 129 Å². The first kappa shape index (κ1) is 62.3. The monoisotopic (exact) mass is 1010 g/mol. The molecule has 0 spiro atoms. The quantitative estimate of drug-likeness (QED) is 0.0134. The standard InChI is InChI=1S/C29H47N14O14S4.3Na/c1-21(60(52,53)54)5-6-30-24-36-25(39-28(38-24)42(11-15-44)12-16-45)31-7-9-33-58(48,49)20-59(50,51)34-10-8-32-26-37-27(41-29(40-26)43(13-17-46)14-18-47)35-22-3-2-4-23(19-22)61(55,56)57;;;/h2,4-5,19,33-34,44-47H,6-18,20H2,1H3,(H,52,53,54)(H,55,56,57)(H2,30,31,36,38,39)(H2,32,35,37,40,41);;;/q-1;3*+1/p-2/b21-5+;;;. The molecular formula is C29H45N14Na3O14S4. The van der Waals surface area contributed by atoms with Crippen LogP contribution in [0, 0.1) is 6.07 Å². The molecule has 0 bridgehead atoms. The van der Waals surface area contributed by atoms with Gasteiger partial charge in [-0.15, -0.1) is 6.07 Å². The Labute approximate surface area is 436 Å². The predicted molar refractivity (Wildman–Crippen MR) is 217 cm³/mol. The number of rotatable bonds is 29. The summed E-state index contributed by atoms with van der Waals surface area (Å²) in [6, 6.07) is 5.87. The molecule has 10 N–H and O–H groups in total. The number of allylic oxidation sites excluding steroid dienone is 1. The van der Waals surface area contributed by atoms with Gasteiger partial charge in [0.25, 0.3) is 0 Å². The molecule has 0 fully saturated rings. The molecule has 3 rings (SSSR count). The molecule has 0 saturated carbocycles. The molecule has 2 aromatic heterocycles. The summed E-state index contributed by atoms with van der Waals surface area (Å²) in [6.45, 7) is -1.68. The van der Waals surface area contributed by atoms with Gasteiger partial charge in [0.2, 0.25) is 55.7 Å². The summed E-state index contributed by atoms with van der Waals surface area (Å²) in [5, 5.41) is 47.3. The van der Waals surface area contributed by atoms with Crippen LogP contribution in [-0.4, -0.2) is 184 Å². The van der Waals surface area contributed by atoms with Gasteiger partial charge in [-0.1, -0.05) is 16.7 Å². The minimum absolute atomic E-state index is 0. The molecule has 0 aliphatic rings. The zero-order valence-corrected chi connectivity index (χ0v) is 44.6. The van der Waals surface area contributed by atoms with Crippen LogP contribution in [0.3, 0.4) is 0 Å². The minimum atomic E-state index is -4.81. The van der Waals surface area contributed by atoms with Crippen molar-refractivity contribution in [2.75, 3.05) is 121 Å². The van der Waals surface area contributed by atoms with Crippen molar-refractivity contribution in [1.29, 1.82) is 0 Å². The fraction of sp³-hybridized carbons (Fsp3) is 0.517. The van der Waals surface area contributed by atoms with Crippen LogP contribution in [0.25, 0.3) is 0 Å². The van der Waals surface area contributed by atoms with Gasteiger partial charge >= 0.3 is 88.7 Å². The Balaban J connectivity index is 0.0000132. The molecular weight excluding hydrogens is 966 g/mol. The first-order valence-corrected chi connectivity index (χ1v) is 23.8. The van der Waals surface area contributed by atoms with Crippen molar-refractivity contribution in [3.8, 4) is 0 Å². The largest absolute Gasteiger partial charge is 1.00 e. The zero-order valence-electron chi connectivity index (χ0n) is 35.3. The Morgan fingerprint density at radius 3 is 1.50 bits per heavy atom. The van der Waals surface area contributed by atoms with Crippen molar-refractivity contribution in [3.05, 3.63) is 35.2 Å². The van der Waals surface area contributed by atoms with Crippen molar-refractivity contribution < 1.29 is 152 Å². The third-order valence-electron chi connectivity index (χ3n) is 7.42. The maximum absolute atomic E-state index is 12.7. The molecule has 0 amide bonds. The molecule has 64 heavy (non-hydrogen) atoms. The smallest absolute Gasteiger partial charge is 0.746 e. The molecule has 0 saturated heterocycles. The Kier molecular flexibility index (Phi) is 29.1. The van der Waals surface area contributed by atoms with Crippen molar-refractivity contribution in [1.82, 2.24) is 39.3 Å². The van der Waals surface area contributed by atoms with Gasteiger partial charge in [-0.25, -0.2) is 43.1 Å². The number of hydrogen-bond acceptors (Lipinski definition) is 26. The normalized spacial score (nSPS) is 12.0. The molecule has 0 radical (unpaired) electrons. The number of aromatic nitrogens is 6. The van der Waals surface area contributed by atoms with Crippen LogP contribution in [0.1, 0.15) is 6.92 Å². The molecule has 0 atom stereocenters. The summed E-state index contributed by atoms with van der Waals surface area (Å²) >= 11 is 0. The molecule has 1 aromatic carbocycles. The second-order valence-electron chi connectivity index (χ2n) is 12.1. The molecule has 0 unspecified atom stereocenters. The Bertz CT molecular complexity index is 2390. The third-order valence-corrected chi connectivity index (χ3v) is 13.0. The van der Waals surface area contributed by atoms with Gasteiger partial charge < -0.3 is 60.6 Å². The predicted octanol–water partition coefficient (Wildman–Crippen LogP) is -13.7. The fourth-order valence-corrected chi connectivity index (χ4v) is 8.55. The van der Waals surface area contributed by atoms with E-state index in [9.17, 15) is 63.2 Å². The Hall–Kier alpha value is -1.74. The number of aliphatic hydroxyl groups excluding tert-OH is 4. The number of sulfonamides is 2. The van der Waals surface area contributed by atoms with E-state index in [1.165, 1.54) is 15.9 Å². The maximum Gasteiger partial charge on any atom is 1.00 e. The van der Waals surface area contributed by atoms with E-state index in [0.29, 0.717) is 0 Å². The van der Waals surface area contributed by atoms with Crippen molar-refractivity contribution in [2.45, 2.75) is 11.8 Å². The topological polar surface area (TPSA) is 420 Å². The summed E-state index contributed by atoms with van der Waals surface area (Å²) < 4.78 is 123. The molecule has 35 heteroatoms. The van der Waals surface area contributed by atoms with E-state index >= 15 is 0 Å². The van der Waals surface area contributed by atoms with Crippen LogP contribution in [0.2, 0.25) is 0 Å². The van der Waals surface area contributed by atoms with Gasteiger partial charge in [0.1, 0.15) is 20.2 Å². The van der Waals surface area contributed by atoms with Crippen molar-refractivity contribution in [3.63, 3.8) is 0 Å². The second-order valence-corrected chi connectivity index (χ2v) is 19.0. The summed E-state index contributed by atoms with van der Waals surface area (Å²) in [5.41, 5.74) is -0.0181. The van der Waals surface area contributed by atoms with Gasteiger partial charge in [0.05, 0.1) is 26.4 Å².